The lowest BCUT2D eigenvalue weighted by Crippen LogP contribution is -2.35. The summed E-state index contributed by atoms with van der Waals surface area (Å²) in [6, 6.07) is 0.494. The van der Waals surface area contributed by atoms with Crippen LogP contribution >= 0.6 is 11.8 Å². The van der Waals surface area contributed by atoms with E-state index in [0.29, 0.717) is 6.04 Å². The molecule has 0 aliphatic heterocycles. The maximum atomic E-state index is 6.11. The lowest BCUT2D eigenvalue weighted by molar-refractivity contribution is 0.241. The minimum absolute atomic E-state index is 0.494. The summed E-state index contributed by atoms with van der Waals surface area (Å²) in [6.45, 7) is 4.60. The molecule has 3 atom stereocenters. The quantitative estimate of drug-likeness (QED) is 0.708. The molecule has 1 aliphatic carbocycles. The number of rotatable bonds is 4. The topological polar surface area (TPSA) is 26.0 Å². The third-order valence-corrected chi connectivity index (χ3v) is 4.07. The minimum atomic E-state index is 0.494. The zero-order valence-electron chi connectivity index (χ0n) is 8.96. The standard InChI is InChI=1S/C11H23NS/c1-3-13-7-6-10-8-9(2)4-5-11(10)12/h9-11H,3-8,12H2,1-2H3. The van der Waals surface area contributed by atoms with E-state index in [1.54, 1.807) is 0 Å². The molecule has 0 amide bonds. The summed E-state index contributed by atoms with van der Waals surface area (Å²) in [5.41, 5.74) is 6.11. The fourth-order valence-corrected chi connectivity index (χ4v) is 2.99. The molecule has 0 aromatic heterocycles. The Morgan fingerprint density at radius 3 is 2.85 bits per heavy atom. The van der Waals surface area contributed by atoms with Gasteiger partial charge in [-0.25, -0.2) is 0 Å². The van der Waals surface area contributed by atoms with Crippen molar-refractivity contribution in [3.05, 3.63) is 0 Å². The Bertz CT molecular complexity index is 138. The van der Waals surface area contributed by atoms with Crippen LogP contribution in [-0.2, 0) is 0 Å². The minimum Gasteiger partial charge on any atom is -0.327 e. The highest BCUT2D eigenvalue weighted by Gasteiger charge is 2.25. The maximum Gasteiger partial charge on any atom is 0.00676 e. The third kappa shape index (κ3) is 3.90. The van der Waals surface area contributed by atoms with Crippen molar-refractivity contribution in [2.24, 2.45) is 17.6 Å². The molecule has 1 rings (SSSR count). The number of hydrogen-bond donors (Lipinski definition) is 1. The van der Waals surface area contributed by atoms with Crippen molar-refractivity contribution in [1.82, 2.24) is 0 Å². The Balaban J connectivity index is 2.21. The third-order valence-electron chi connectivity index (χ3n) is 3.14. The Hall–Kier alpha value is 0.310. The van der Waals surface area contributed by atoms with E-state index >= 15 is 0 Å². The molecule has 0 radical (unpaired) electrons. The van der Waals surface area contributed by atoms with Gasteiger partial charge in [0.25, 0.3) is 0 Å². The van der Waals surface area contributed by atoms with Crippen molar-refractivity contribution in [3.8, 4) is 0 Å². The van der Waals surface area contributed by atoms with Gasteiger partial charge in [0.15, 0.2) is 0 Å². The molecular formula is C11H23NS. The van der Waals surface area contributed by atoms with Crippen molar-refractivity contribution >= 4 is 11.8 Å². The summed E-state index contributed by atoms with van der Waals surface area (Å²) in [4.78, 5) is 0. The maximum absolute atomic E-state index is 6.11. The zero-order valence-corrected chi connectivity index (χ0v) is 9.78. The molecule has 13 heavy (non-hydrogen) atoms. The second-order valence-corrected chi connectivity index (χ2v) is 5.72. The predicted molar refractivity (Wildman–Crippen MR) is 62.1 cm³/mol. The molecule has 0 spiro atoms. The van der Waals surface area contributed by atoms with Gasteiger partial charge in [-0.05, 0) is 49.0 Å². The van der Waals surface area contributed by atoms with Crippen molar-refractivity contribution < 1.29 is 0 Å². The summed E-state index contributed by atoms with van der Waals surface area (Å²) in [5, 5.41) is 0. The first-order valence-corrected chi connectivity index (χ1v) is 6.72. The normalized spacial score (nSPS) is 34.8. The van der Waals surface area contributed by atoms with Gasteiger partial charge in [-0.1, -0.05) is 13.8 Å². The summed E-state index contributed by atoms with van der Waals surface area (Å²) >= 11 is 2.05. The van der Waals surface area contributed by atoms with Gasteiger partial charge in [0.1, 0.15) is 0 Å². The number of thioether (sulfide) groups is 1. The van der Waals surface area contributed by atoms with Crippen LogP contribution in [0.2, 0.25) is 0 Å². The summed E-state index contributed by atoms with van der Waals surface area (Å²) in [6.07, 6.45) is 5.30. The Morgan fingerprint density at radius 1 is 1.38 bits per heavy atom. The molecule has 0 bridgehead atoms. The highest BCUT2D eigenvalue weighted by molar-refractivity contribution is 7.99. The van der Waals surface area contributed by atoms with Crippen LogP contribution in [0.3, 0.4) is 0 Å². The molecule has 3 unspecified atom stereocenters. The lowest BCUT2D eigenvalue weighted by atomic mass is 9.78. The molecule has 1 nitrogen and oxygen atoms in total. The average molecular weight is 201 g/mol. The van der Waals surface area contributed by atoms with E-state index < -0.39 is 0 Å². The molecule has 1 aliphatic rings. The molecule has 0 saturated heterocycles. The van der Waals surface area contributed by atoms with E-state index in [-0.39, 0.29) is 0 Å². The fourth-order valence-electron chi connectivity index (χ4n) is 2.23. The van der Waals surface area contributed by atoms with E-state index in [1.165, 1.54) is 37.2 Å². The van der Waals surface area contributed by atoms with Crippen molar-refractivity contribution in [3.63, 3.8) is 0 Å². The second-order valence-electron chi connectivity index (χ2n) is 4.33. The van der Waals surface area contributed by atoms with Gasteiger partial charge >= 0.3 is 0 Å². The van der Waals surface area contributed by atoms with E-state index in [1.807, 2.05) is 11.8 Å². The lowest BCUT2D eigenvalue weighted by Gasteiger charge is -2.32. The van der Waals surface area contributed by atoms with Crippen molar-refractivity contribution in [2.75, 3.05) is 11.5 Å². The second kappa shape index (κ2) is 5.92. The number of hydrogen-bond acceptors (Lipinski definition) is 2. The Kier molecular flexibility index (Phi) is 5.18. The molecule has 2 heteroatoms. The molecule has 2 N–H and O–H groups in total. The SMILES string of the molecule is CCSCCC1CC(C)CCC1N. The molecule has 0 aromatic carbocycles. The molecule has 1 fully saturated rings. The van der Waals surface area contributed by atoms with Gasteiger partial charge in [-0.2, -0.15) is 11.8 Å². The van der Waals surface area contributed by atoms with Crippen molar-refractivity contribution in [2.45, 2.75) is 45.6 Å². The fraction of sp³-hybridized carbons (Fsp3) is 1.00. The van der Waals surface area contributed by atoms with E-state index in [2.05, 4.69) is 13.8 Å². The van der Waals surface area contributed by atoms with E-state index in [9.17, 15) is 0 Å². The van der Waals surface area contributed by atoms with Gasteiger partial charge in [0.2, 0.25) is 0 Å². The van der Waals surface area contributed by atoms with Crippen LogP contribution in [0.5, 0.6) is 0 Å². The van der Waals surface area contributed by atoms with Crippen LogP contribution in [0.25, 0.3) is 0 Å². The Morgan fingerprint density at radius 2 is 2.15 bits per heavy atom. The van der Waals surface area contributed by atoms with Gasteiger partial charge in [-0.15, -0.1) is 0 Å². The average Bonchev–Trinajstić information content (AvgIpc) is 2.11. The highest BCUT2D eigenvalue weighted by Crippen LogP contribution is 2.30. The van der Waals surface area contributed by atoms with Gasteiger partial charge in [-0.3, -0.25) is 0 Å². The van der Waals surface area contributed by atoms with Crippen LogP contribution in [0.1, 0.15) is 39.5 Å². The van der Waals surface area contributed by atoms with Crippen LogP contribution in [0, 0.1) is 11.8 Å². The van der Waals surface area contributed by atoms with Gasteiger partial charge in [0.05, 0.1) is 0 Å². The molecule has 78 valence electrons. The van der Waals surface area contributed by atoms with E-state index in [0.717, 1.165) is 11.8 Å². The zero-order chi connectivity index (χ0) is 9.68. The first-order chi connectivity index (χ1) is 6.24. The summed E-state index contributed by atoms with van der Waals surface area (Å²) in [7, 11) is 0. The summed E-state index contributed by atoms with van der Waals surface area (Å²) < 4.78 is 0. The van der Waals surface area contributed by atoms with Crippen molar-refractivity contribution in [1.29, 1.82) is 0 Å². The summed E-state index contributed by atoms with van der Waals surface area (Å²) in [5.74, 6) is 4.28. The highest BCUT2D eigenvalue weighted by atomic mass is 32.2. The van der Waals surface area contributed by atoms with Crippen LogP contribution in [0.15, 0.2) is 0 Å². The van der Waals surface area contributed by atoms with Gasteiger partial charge in [0, 0.05) is 6.04 Å². The first kappa shape index (κ1) is 11.4. The van der Waals surface area contributed by atoms with Gasteiger partial charge < -0.3 is 5.73 Å². The van der Waals surface area contributed by atoms with Crippen LogP contribution < -0.4 is 5.73 Å². The predicted octanol–water partition coefficient (Wildman–Crippen LogP) is 2.89. The molecular weight excluding hydrogens is 178 g/mol. The van der Waals surface area contributed by atoms with Crippen LogP contribution in [-0.4, -0.2) is 17.5 Å². The molecule has 0 heterocycles. The van der Waals surface area contributed by atoms with E-state index in [4.69, 9.17) is 5.73 Å². The molecule has 1 saturated carbocycles. The Labute approximate surface area is 86.8 Å². The smallest absolute Gasteiger partial charge is 0.00676 e. The van der Waals surface area contributed by atoms with Crippen LogP contribution in [0.4, 0.5) is 0 Å². The largest absolute Gasteiger partial charge is 0.327 e. The number of nitrogens with two attached hydrogens (primary N) is 1. The molecule has 0 aromatic rings. The monoisotopic (exact) mass is 201 g/mol. The first-order valence-electron chi connectivity index (χ1n) is 5.57.